The van der Waals surface area contributed by atoms with Crippen LogP contribution in [-0.2, 0) is 43.6 Å². The Hall–Kier alpha value is -2.98. The summed E-state index contributed by atoms with van der Waals surface area (Å²) in [7, 11) is 3.31. The van der Waals surface area contributed by atoms with Crippen molar-refractivity contribution in [2.24, 2.45) is 0 Å². The molecule has 0 spiro atoms. The molecule has 8 heteroatoms. The molecule has 1 fully saturated rings. The summed E-state index contributed by atoms with van der Waals surface area (Å²) in [5, 5.41) is 0. The lowest BCUT2D eigenvalue weighted by atomic mass is 9.92. The topological polar surface area (TPSA) is 76.6 Å². The van der Waals surface area contributed by atoms with E-state index < -0.39 is 5.60 Å². The Kier molecular flexibility index (Phi) is 11.8. The fourth-order valence-electron chi connectivity index (χ4n) is 4.68. The van der Waals surface area contributed by atoms with Crippen LogP contribution in [-0.4, -0.2) is 52.0 Å². The van der Waals surface area contributed by atoms with Gasteiger partial charge in [0.1, 0.15) is 23.3 Å². The van der Waals surface area contributed by atoms with E-state index in [9.17, 15) is 0 Å². The van der Waals surface area contributed by atoms with Gasteiger partial charge in [-0.25, -0.2) is 0 Å². The normalized spacial score (nSPS) is 18.4. The average molecular weight is 552 g/mol. The molecular formula is C32H41NO7. The third-order valence-electron chi connectivity index (χ3n) is 6.74. The summed E-state index contributed by atoms with van der Waals surface area (Å²) in [5.41, 5.74) is 5.53. The molecule has 0 saturated carbocycles. The molecule has 8 nitrogen and oxygen atoms in total. The summed E-state index contributed by atoms with van der Waals surface area (Å²) >= 11 is 0. The zero-order chi connectivity index (χ0) is 28.0. The molecule has 1 aliphatic rings. The highest BCUT2D eigenvalue weighted by molar-refractivity contribution is 5.27. The molecular weight excluding hydrogens is 510 g/mol. The molecule has 1 aliphatic heterocycles. The maximum atomic E-state index is 6.60. The summed E-state index contributed by atoms with van der Waals surface area (Å²) in [6.45, 7) is 4.50. The van der Waals surface area contributed by atoms with Crippen LogP contribution in [0.4, 0.5) is 0 Å². The summed E-state index contributed by atoms with van der Waals surface area (Å²) in [5.74, 6) is 1.62. The molecule has 3 aromatic carbocycles. The number of hydrogen-bond donors (Lipinski definition) is 1. The van der Waals surface area contributed by atoms with Crippen LogP contribution in [0.25, 0.3) is 0 Å². The first kappa shape index (κ1) is 30.0. The zero-order valence-electron chi connectivity index (χ0n) is 23.7. The third-order valence-corrected chi connectivity index (χ3v) is 6.74. The molecule has 0 radical (unpaired) electrons. The van der Waals surface area contributed by atoms with E-state index in [1.807, 2.05) is 73.7 Å². The average Bonchev–Trinajstić information content (AvgIpc) is 3.00. The van der Waals surface area contributed by atoms with Crippen molar-refractivity contribution in [1.82, 2.24) is 5.48 Å². The minimum Gasteiger partial charge on any atom is -0.497 e. The van der Waals surface area contributed by atoms with Crippen molar-refractivity contribution in [2.75, 3.05) is 34.0 Å². The molecule has 0 aliphatic carbocycles. The van der Waals surface area contributed by atoms with Gasteiger partial charge in [0.15, 0.2) is 0 Å². The molecule has 0 bridgehead atoms. The van der Waals surface area contributed by atoms with Crippen LogP contribution in [0.15, 0.2) is 78.9 Å². The van der Waals surface area contributed by atoms with Crippen molar-refractivity contribution in [1.29, 1.82) is 0 Å². The zero-order valence-corrected chi connectivity index (χ0v) is 23.7. The van der Waals surface area contributed by atoms with Crippen LogP contribution < -0.4 is 15.0 Å². The number of hydrogen-bond acceptors (Lipinski definition) is 8. The Morgan fingerprint density at radius 2 is 1.30 bits per heavy atom. The van der Waals surface area contributed by atoms with Gasteiger partial charge in [-0.3, -0.25) is 4.84 Å². The molecule has 0 amide bonds. The Morgan fingerprint density at radius 3 is 1.82 bits per heavy atom. The molecule has 216 valence electrons. The number of nitrogens with one attached hydrogen (secondary N) is 1. The van der Waals surface area contributed by atoms with E-state index in [2.05, 4.69) is 17.6 Å². The van der Waals surface area contributed by atoms with E-state index in [0.717, 1.165) is 28.2 Å². The van der Waals surface area contributed by atoms with Gasteiger partial charge in [0.25, 0.3) is 0 Å². The number of hydroxylamine groups is 1. The van der Waals surface area contributed by atoms with Gasteiger partial charge in [-0.15, -0.1) is 0 Å². The maximum absolute atomic E-state index is 6.60. The van der Waals surface area contributed by atoms with Crippen molar-refractivity contribution in [2.45, 2.75) is 57.5 Å². The Morgan fingerprint density at radius 1 is 0.750 bits per heavy atom. The minimum atomic E-state index is -0.743. The SMILES string of the molecule is CCONC1CC(OCc2ccccc2)CC(COCc2ccc(OC)cc2)(COCc2ccc(OC)cc2)O1. The van der Waals surface area contributed by atoms with Gasteiger partial charge in [0, 0.05) is 12.8 Å². The van der Waals surface area contributed by atoms with E-state index in [-0.39, 0.29) is 12.3 Å². The van der Waals surface area contributed by atoms with Crippen molar-refractivity contribution in [3.8, 4) is 11.5 Å². The standard InChI is InChI=1S/C32H41NO7/c1-4-39-33-31-18-30(38-22-25-8-6-5-7-9-25)19-32(40-31,23-36-20-26-10-14-28(34-2)15-11-26)24-37-21-27-12-16-29(35-3)17-13-27/h5-17,30-31,33H,4,18-24H2,1-3H3. The second kappa shape index (κ2) is 15.7. The van der Waals surface area contributed by atoms with Crippen LogP contribution in [0.3, 0.4) is 0 Å². The number of methoxy groups -OCH3 is 2. The lowest BCUT2D eigenvalue weighted by Crippen LogP contribution is -2.56. The smallest absolute Gasteiger partial charge is 0.133 e. The predicted octanol–water partition coefficient (Wildman–Crippen LogP) is 5.44. The second-order valence-corrected chi connectivity index (χ2v) is 9.88. The fraction of sp³-hybridized carbons (Fsp3) is 0.438. The molecule has 1 N–H and O–H groups in total. The highest BCUT2D eigenvalue weighted by Gasteiger charge is 2.43. The van der Waals surface area contributed by atoms with Gasteiger partial charge in [-0.1, -0.05) is 54.6 Å². The van der Waals surface area contributed by atoms with Crippen molar-refractivity contribution >= 4 is 0 Å². The van der Waals surface area contributed by atoms with E-state index >= 15 is 0 Å². The summed E-state index contributed by atoms with van der Waals surface area (Å²) in [6, 6.07) is 25.9. The first-order chi connectivity index (χ1) is 19.6. The Balaban J connectivity index is 1.45. The molecule has 3 aromatic rings. The monoisotopic (exact) mass is 551 g/mol. The molecule has 4 rings (SSSR count). The summed E-state index contributed by atoms with van der Waals surface area (Å²) in [6.07, 6.45) is 0.811. The second-order valence-electron chi connectivity index (χ2n) is 9.88. The van der Waals surface area contributed by atoms with Gasteiger partial charge in [0.05, 0.1) is 60.0 Å². The molecule has 0 aromatic heterocycles. The number of benzene rings is 3. The molecule has 40 heavy (non-hydrogen) atoms. The first-order valence-electron chi connectivity index (χ1n) is 13.7. The molecule has 1 saturated heterocycles. The summed E-state index contributed by atoms with van der Waals surface area (Å²) in [4.78, 5) is 5.53. The highest BCUT2D eigenvalue weighted by Crippen LogP contribution is 2.32. The quantitative estimate of drug-likeness (QED) is 0.236. The lowest BCUT2D eigenvalue weighted by Gasteiger charge is -2.44. The van der Waals surface area contributed by atoms with E-state index in [1.165, 1.54) is 0 Å². The fourth-order valence-corrected chi connectivity index (χ4v) is 4.68. The molecule has 2 atom stereocenters. The van der Waals surface area contributed by atoms with Crippen molar-refractivity contribution in [3.63, 3.8) is 0 Å². The van der Waals surface area contributed by atoms with Crippen LogP contribution in [0.5, 0.6) is 11.5 Å². The predicted molar refractivity (Wildman–Crippen MR) is 152 cm³/mol. The number of rotatable bonds is 16. The molecule has 1 heterocycles. The summed E-state index contributed by atoms with van der Waals surface area (Å²) < 4.78 is 36.0. The minimum absolute atomic E-state index is 0.0823. The van der Waals surface area contributed by atoms with E-state index in [0.29, 0.717) is 52.5 Å². The number of ether oxygens (including phenoxy) is 6. The van der Waals surface area contributed by atoms with Crippen LogP contribution in [0, 0.1) is 0 Å². The lowest BCUT2D eigenvalue weighted by molar-refractivity contribution is -0.249. The Labute approximate surface area is 237 Å². The maximum Gasteiger partial charge on any atom is 0.133 e. The van der Waals surface area contributed by atoms with Crippen molar-refractivity contribution in [3.05, 3.63) is 95.6 Å². The largest absolute Gasteiger partial charge is 0.497 e. The van der Waals surface area contributed by atoms with Gasteiger partial charge in [-0.2, -0.15) is 5.48 Å². The molecule has 2 unspecified atom stereocenters. The van der Waals surface area contributed by atoms with Crippen molar-refractivity contribution < 1.29 is 33.3 Å². The van der Waals surface area contributed by atoms with Crippen LogP contribution in [0.1, 0.15) is 36.5 Å². The Bertz CT molecular complexity index is 1050. The van der Waals surface area contributed by atoms with Gasteiger partial charge in [0.2, 0.25) is 0 Å². The van der Waals surface area contributed by atoms with Gasteiger partial charge in [-0.05, 0) is 47.9 Å². The van der Waals surface area contributed by atoms with Crippen LogP contribution >= 0.6 is 0 Å². The van der Waals surface area contributed by atoms with E-state index in [4.69, 9.17) is 33.3 Å². The van der Waals surface area contributed by atoms with Gasteiger partial charge < -0.3 is 28.4 Å². The first-order valence-corrected chi connectivity index (χ1v) is 13.7. The van der Waals surface area contributed by atoms with Crippen LogP contribution in [0.2, 0.25) is 0 Å². The highest BCUT2D eigenvalue weighted by atomic mass is 16.7. The van der Waals surface area contributed by atoms with Gasteiger partial charge >= 0.3 is 0 Å². The van der Waals surface area contributed by atoms with E-state index in [1.54, 1.807) is 14.2 Å². The third kappa shape index (κ3) is 9.30.